The van der Waals surface area contributed by atoms with Crippen molar-refractivity contribution in [1.29, 1.82) is 0 Å². The molecular weight excluding hydrogens is 384 g/mol. The minimum Gasteiger partial charge on any atom is -0.618 e. The van der Waals surface area contributed by atoms with Crippen LogP contribution in [0.4, 0.5) is 5.69 Å². The maximum atomic E-state index is 12.2. The number of para-hydroxylation sites is 1. The Morgan fingerprint density at radius 3 is 2.54 bits per heavy atom. The fourth-order valence-corrected chi connectivity index (χ4v) is 2.45. The van der Waals surface area contributed by atoms with Crippen LogP contribution < -0.4 is 14.8 Å². The lowest BCUT2D eigenvalue weighted by Crippen LogP contribution is -2.35. The number of benzene rings is 2. The average Bonchev–Trinajstić information content (AvgIpc) is 2.69. The van der Waals surface area contributed by atoms with E-state index in [1.165, 1.54) is 24.3 Å². The monoisotopic (exact) mass is 398 g/mol. The van der Waals surface area contributed by atoms with Gasteiger partial charge >= 0.3 is 11.7 Å². The van der Waals surface area contributed by atoms with Crippen molar-refractivity contribution in [2.45, 2.75) is 0 Å². The van der Waals surface area contributed by atoms with Crippen LogP contribution in [0.5, 0.6) is 11.5 Å². The normalized spacial score (nSPS) is 10.2. The summed E-state index contributed by atoms with van der Waals surface area (Å²) < 4.78 is 11.0. The summed E-state index contributed by atoms with van der Waals surface area (Å²) in [6, 6.07) is 18.1. The number of hydrogen-bond donors (Lipinski definition) is 1. The first-order valence-corrected chi connectivity index (χ1v) is 8.58. The van der Waals surface area contributed by atoms with Crippen LogP contribution >= 0.6 is 11.6 Å². The minimum atomic E-state index is -0.905. The third kappa shape index (κ3) is 4.99. The zero-order chi connectivity index (χ0) is 19.9. The number of halogens is 1. The molecule has 0 saturated heterocycles. The van der Waals surface area contributed by atoms with Crippen LogP contribution in [0.25, 0.3) is 0 Å². The van der Waals surface area contributed by atoms with Gasteiger partial charge in [-0.1, -0.05) is 29.8 Å². The van der Waals surface area contributed by atoms with Gasteiger partial charge in [0.2, 0.25) is 0 Å². The Morgan fingerprint density at radius 2 is 1.79 bits per heavy atom. The van der Waals surface area contributed by atoms with E-state index in [2.05, 4.69) is 5.32 Å². The zero-order valence-corrected chi connectivity index (χ0v) is 15.3. The van der Waals surface area contributed by atoms with E-state index in [1.54, 1.807) is 24.3 Å². The molecule has 1 N–H and O–H groups in total. The van der Waals surface area contributed by atoms with Gasteiger partial charge in [0.25, 0.3) is 5.91 Å². The lowest BCUT2D eigenvalue weighted by molar-refractivity contribution is -0.608. The second-order valence-corrected chi connectivity index (χ2v) is 6.03. The number of ether oxygens (including phenoxy) is 2. The number of pyridine rings is 1. The smallest absolute Gasteiger partial charge is 0.405 e. The molecule has 0 fully saturated rings. The second-order valence-electron chi connectivity index (χ2n) is 5.59. The lowest BCUT2D eigenvalue weighted by atomic mass is 10.2. The highest BCUT2D eigenvalue weighted by atomic mass is 35.5. The van der Waals surface area contributed by atoms with Crippen molar-refractivity contribution in [1.82, 2.24) is 0 Å². The molecule has 2 aromatic carbocycles. The van der Waals surface area contributed by atoms with Gasteiger partial charge in [0.05, 0.1) is 5.69 Å². The van der Waals surface area contributed by atoms with E-state index in [4.69, 9.17) is 21.1 Å². The molecule has 0 bridgehead atoms. The van der Waals surface area contributed by atoms with Crippen LogP contribution in [-0.4, -0.2) is 18.5 Å². The molecule has 0 unspecified atom stereocenters. The van der Waals surface area contributed by atoms with Crippen molar-refractivity contribution in [3.05, 3.63) is 88.9 Å². The molecular formula is C20H15ClN2O5. The Balaban J connectivity index is 1.66. The maximum Gasteiger partial charge on any atom is 0.405 e. The Labute approximate surface area is 165 Å². The first-order valence-electron chi connectivity index (χ1n) is 8.20. The first-order chi connectivity index (χ1) is 13.5. The zero-order valence-electron chi connectivity index (χ0n) is 14.5. The summed E-state index contributed by atoms with van der Waals surface area (Å²) in [5.74, 6) is -0.564. The van der Waals surface area contributed by atoms with Crippen LogP contribution in [0.1, 0.15) is 10.5 Å². The van der Waals surface area contributed by atoms with E-state index in [1.807, 2.05) is 18.2 Å². The molecule has 0 atom stereocenters. The fourth-order valence-electron chi connectivity index (χ4n) is 2.28. The molecule has 3 rings (SSSR count). The molecule has 0 saturated carbocycles. The van der Waals surface area contributed by atoms with Gasteiger partial charge in [-0.25, -0.2) is 4.79 Å². The van der Waals surface area contributed by atoms with Crippen LogP contribution in [0, 0.1) is 5.21 Å². The minimum absolute atomic E-state index is 0.217. The van der Waals surface area contributed by atoms with Crippen molar-refractivity contribution in [2.75, 3.05) is 11.9 Å². The molecule has 8 heteroatoms. The summed E-state index contributed by atoms with van der Waals surface area (Å²) in [6.07, 6.45) is 1.16. The highest BCUT2D eigenvalue weighted by Gasteiger charge is 2.19. The van der Waals surface area contributed by atoms with Gasteiger partial charge in [0, 0.05) is 17.2 Å². The summed E-state index contributed by atoms with van der Waals surface area (Å²) in [5.41, 5.74) is 0.0992. The SMILES string of the molecule is O=C(COC(=O)c1cccc[n+]1[O-])Nc1cc(Cl)ccc1Oc1ccccc1. The molecule has 1 heterocycles. The van der Waals surface area contributed by atoms with Crippen LogP contribution in [0.3, 0.4) is 0 Å². The number of anilines is 1. The standard InChI is InChI=1S/C20H15ClN2O5/c21-14-9-10-18(28-15-6-2-1-3-7-15)16(12-14)22-19(24)13-27-20(25)17-8-4-5-11-23(17)26/h1-12H,13H2,(H,22,24). The second kappa shape index (κ2) is 8.88. The van der Waals surface area contributed by atoms with Crippen molar-refractivity contribution < 1.29 is 23.8 Å². The number of amides is 1. The molecule has 0 aliphatic heterocycles. The molecule has 1 aromatic heterocycles. The summed E-state index contributed by atoms with van der Waals surface area (Å²) in [7, 11) is 0. The maximum absolute atomic E-state index is 12.2. The summed E-state index contributed by atoms with van der Waals surface area (Å²) >= 11 is 6.00. The molecule has 0 radical (unpaired) electrons. The molecule has 0 aliphatic carbocycles. The predicted octanol–water partition coefficient (Wildman–Crippen LogP) is 3.56. The van der Waals surface area contributed by atoms with Crippen LogP contribution in [0.2, 0.25) is 5.02 Å². The first kappa shape index (κ1) is 19.2. The van der Waals surface area contributed by atoms with E-state index >= 15 is 0 Å². The third-order valence-electron chi connectivity index (χ3n) is 3.55. The van der Waals surface area contributed by atoms with Crippen LogP contribution in [0.15, 0.2) is 72.9 Å². The molecule has 0 spiro atoms. The number of carbonyl (C=O) groups is 2. The third-order valence-corrected chi connectivity index (χ3v) is 3.79. The Hall–Kier alpha value is -3.58. The number of carbonyl (C=O) groups excluding carboxylic acids is 2. The molecule has 1 amide bonds. The van der Waals surface area contributed by atoms with Crippen molar-refractivity contribution >= 4 is 29.2 Å². The molecule has 7 nitrogen and oxygen atoms in total. The van der Waals surface area contributed by atoms with Gasteiger partial charge in [0.1, 0.15) is 5.75 Å². The number of rotatable bonds is 6. The summed E-state index contributed by atoms with van der Waals surface area (Å²) in [6.45, 7) is -0.578. The topological polar surface area (TPSA) is 91.6 Å². The number of esters is 1. The largest absolute Gasteiger partial charge is 0.618 e. The average molecular weight is 399 g/mol. The number of nitrogens with zero attached hydrogens (tertiary/aromatic N) is 1. The van der Waals surface area contributed by atoms with Gasteiger partial charge in [-0.05, 0) is 36.4 Å². The molecule has 3 aromatic rings. The Kier molecular flexibility index (Phi) is 6.08. The molecule has 0 aliphatic rings. The van der Waals surface area contributed by atoms with E-state index in [0.717, 1.165) is 6.20 Å². The number of aromatic nitrogens is 1. The van der Waals surface area contributed by atoms with Gasteiger partial charge in [-0.3, -0.25) is 4.79 Å². The van der Waals surface area contributed by atoms with Crippen molar-refractivity contribution in [2.24, 2.45) is 0 Å². The summed E-state index contributed by atoms with van der Waals surface area (Å²) in [4.78, 5) is 24.1. The van der Waals surface area contributed by atoms with Gasteiger partial charge in [0.15, 0.2) is 18.6 Å². The highest BCUT2D eigenvalue weighted by Crippen LogP contribution is 2.31. The fraction of sp³-hybridized carbons (Fsp3) is 0.0500. The quantitative estimate of drug-likeness (QED) is 0.389. The predicted molar refractivity (Wildman–Crippen MR) is 102 cm³/mol. The lowest BCUT2D eigenvalue weighted by Gasteiger charge is -2.13. The highest BCUT2D eigenvalue weighted by molar-refractivity contribution is 6.31. The van der Waals surface area contributed by atoms with Crippen molar-refractivity contribution in [3.63, 3.8) is 0 Å². The van der Waals surface area contributed by atoms with Crippen LogP contribution in [-0.2, 0) is 9.53 Å². The Morgan fingerprint density at radius 1 is 1.04 bits per heavy atom. The van der Waals surface area contributed by atoms with E-state index in [9.17, 15) is 14.8 Å². The van der Waals surface area contributed by atoms with Crippen molar-refractivity contribution in [3.8, 4) is 11.5 Å². The van der Waals surface area contributed by atoms with Gasteiger partial charge < -0.3 is 20.0 Å². The van der Waals surface area contributed by atoms with E-state index in [-0.39, 0.29) is 5.69 Å². The van der Waals surface area contributed by atoms with E-state index in [0.29, 0.717) is 26.9 Å². The molecule has 28 heavy (non-hydrogen) atoms. The molecule has 142 valence electrons. The van der Waals surface area contributed by atoms with Gasteiger partial charge in [-0.2, -0.15) is 4.73 Å². The van der Waals surface area contributed by atoms with Gasteiger partial charge in [-0.15, -0.1) is 0 Å². The van der Waals surface area contributed by atoms with E-state index < -0.39 is 18.5 Å². The summed E-state index contributed by atoms with van der Waals surface area (Å²) in [5, 5.41) is 14.5. The number of nitrogens with one attached hydrogen (secondary N) is 1. The Bertz CT molecular complexity index is 995. The number of hydrogen-bond acceptors (Lipinski definition) is 5.